The first-order valence-electron chi connectivity index (χ1n) is 4.25. The first kappa shape index (κ1) is 10.4. The number of aromatic nitrogens is 1. The molecule has 76 valence electrons. The van der Waals surface area contributed by atoms with Crippen molar-refractivity contribution in [3.63, 3.8) is 0 Å². The number of hydrogen-bond donors (Lipinski definition) is 0. The van der Waals surface area contributed by atoms with Crippen LogP contribution in [0.1, 0.15) is 11.1 Å². The SMILES string of the molecule is COc1ncc(CC[N+](=O)[O-])cc1C. The molecule has 0 amide bonds. The molecule has 0 saturated carbocycles. The third-order valence-electron chi connectivity index (χ3n) is 1.86. The van der Waals surface area contributed by atoms with Gasteiger partial charge in [-0.05, 0) is 18.6 Å². The van der Waals surface area contributed by atoms with E-state index in [1.807, 2.05) is 13.0 Å². The van der Waals surface area contributed by atoms with Crippen LogP contribution < -0.4 is 4.74 Å². The highest BCUT2D eigenvalue weighted by Crippen LogP contribution is 2.14. The average molecular weight is 196 g/mol. The Morgan fingerprint density at radius 2 is 2.36 bits per heavy atom. The van der Waals surface area contributed by atoms with Gasteiger partial charge in [-0.1, -0.05) is 0 Å². The lowest BCUT2D eigenvalue weighted by Crippen LogP contribution is -2.04. The highest BCUT2D eigenvalue weighted by molar-refractivity contribution is 5.28. The largest absolute Gasteiger partial charge is 0.481 e. The molecule has 1 aromatic rings. The first-order valence-corrected chi connectivity index (χ1v) is 4.25. The molecule has 0 aliphatic heterocycles. The summed E-state index contributed by atoms with van der Waals surface area (Å²) in [5, 5.41) is 10.1. The fourth-order valence-corrected chi connectivity index (χ4v) is 1.19. The summed E-state index contributed by atoms with van der Waals surface area (Å²) < 4.78 is 4.98. The Hall–Kier alpha value is -1.65. The van der Waals surface area contributed by atoms with Crippen molar-refractivity contribution in [3.05, 3.63) is 33.5 Å². The fourth-order valence-electron chi connectivity index (χ4n) is 1.19. The van der Waals surface area contributed by atoms with Crippen LogP contribution >= 0.6 is 0 Å². The molecule has 0 saturated heterocycles. The van der Waals surface area contributed by atoms with Crippen molar-refractivity contribution in [1.29, 1.82) is 0 Å². The van der Waals surface area contributed by atoms with Crippen molar-refractivity contribution in [3.8, 4) is 5.88 Å². The van der Waals surface area contributed by atoms with Gasteiger partial charge in [-0.25, -0.2) is 4.98 Å². The number of nitro groups is 1. The Labute approximate surface area is 81.9 Å². The lowest BCUT2D eigenvalue weighted by molar-refractivity contribution is -0.479. The van der Waals surface area contributed by atoms with E-state index in [9.17, 15) is 10.1 Å². The number of pyridine rings is 1. The Kier molecular flexibility index (Phi) is 3.39. The lowest BCUT2D eigenvalue weighted by atomic mass is 10.1. The van der Waals surface area contributed by atoms with Crippen LogP contribution in [0, 0.1) is 17.0 Å². The zero-order chi connectivity index (χ0) is 10.6. The standard InChI is InChI=1S/C9H12N2O3/c1-7-5-8(3-4-11(12)13)6-10-9(7)14-2/h5-6H,3-4H2,1-2H3. The summed E-state index contributed by atoms with van der Waals surface area (Å²) in [6, 6.07) is 1.86. The van der Waals surface area contributed by atoms with Gasteiger partial charge in [0.2, 0.25) is 12.4 Å². The van der Waals surface area contributed by atoms with Crippen LogP contribution in [-0.4, -0.2) is 23.6 Å². The monoisotopic (exact) mass is 196 g/mol. The van der Waals surface area contributed by atoms with Gasteiger partial charge in [-0.3, -0.25) is 10.1 Å². The number of rotatable bonds is 4. The van der Waals surface area contributed by atoms with E-state index in [0.717, 1.165) is 11.1 Å². The van der Waals surface area contributed by atoms with Crippen molar-refractivity contribution >= 4 is 0 Å². The van der Waals surface area contributed by atoms with E-state index >= 15 is 0 Å². The predicted molar refractivity (Wildman–Crippen MR) is 51.1 cm³/mol. The smallest absolute Gasteiger partial charge is 0.215 e. The third kappa shape index (κ3) is 2.69. The second kappa shape index (κ2) is 4.55. The average Bonchev–Trinajstić information content (AvgIpc) is 2.15. The molecular weight excluding hydrogens is 184 g/mol. The van der Waals surface area contributed by atoms with E-state index in [4.69, 9.17) is 4.74 Å². The van der Waals surface area contributed by atoms with Crippen molar-refractivity contribution in [2.24, 2.45) is 0 Å². The zero-order valence-electron chi connectivity index (χ0n) is 8.19. The minimum Gasteiger partial charge on any atom is -0.481 e. The third-order valence-corrected chi connectivity index (χ3v) is 1.86. The van der Waals surface area contributed by atoms with Gasteiger partial charge in [0.1, 0.15) is 0 Å². The van der Waals surface area contributed by atoms with Gasteiger partial charge in [-0.15, -0.1) is 0 Å². The van der Waals surface area contributed by atoms with Gasteiger partial charge in [0, 0.05) is 23.1 Å². The van der Waals surface area contributed by atoms with Crippen LogP contribution in [0.15, 0.2) is 12.3 Å². The topological polar surface area (TPSA) is 65.3 Å². The van der Waals surface area contributed by atoms with Gasteiger partial charge < -0.3 is 4.74 Å². The summed E-state index contributed by atoms with van der Waals surface area (Å²) in [5.74, 6) is 0.565. The van der Waals surface area contributed by atoms with Crippen molar-refractivity contribution in [2.75, 3.05) is 13.7 Å². The molecule has 1 rings (SSSR count). The van der Waals surface area contributed by atoms with Gasteiger partial charge in [0.25, 0.3) is 0 Å². The van der Waals surface area contributed by atoms with Gasteiger partial charge in [-0.2, -0.15) is 0 Å². The van der Waals surface area contributed by atoms with E-state index in [-0.39, 0.29) is 11.5 Å². The van der Waals surface area contributed by atoms with E-state index in [1.54, 1.807) is 13.3 Å². The maximum Gasteiger partial charge on any atom is 0.215 e. The van der Waals surface area contributed by atoms with Crippen LogP contribution in [0.4, 0.5) is 0 Å². The van der Waals surface area contributed by atoms with Crippen molar-refractivity contribution < 1.29 is 9.66 Å². The highest BCUT2D eigenvalue weighted by atomic mass is 16.6. The summed E-state index contributed by atoms with van der Waals surface area (Å²) >= 11 is 0. The molecule has 1 heterocycles. The molecule has 5 nitrogen and oxygen atoms in total. The Morgan fingerprint density at radius 1 is 1.64 bits per heavy atom. The summed E-state index contributed by atoms with van der Waals surface area (Å²) in [7, 11) is 1.55. The number of ether oxygens (including phenoxy) is 1. The molecule has 0 bridgehead atoms. The molecule has 5 heteroatoms. The van der Waals surface area contributed by atoms with Gasteiger partial charge in [0.15, 0.2) is 0 Å². The number of methoxy groups -OCH3 is 1. The van der Waals surface area contributed by atoms with Crippen LogP contribution in [0.5, 0.6) is 5.88 Å². The molecule has 14 heavy (non-hydrogen) atoms. The minimum absolute atomic E-state index is 0.0621. The zero-order valence-corrected chi connectivity index (χ0v) is 8.19. The lowest BCUT2D eigenvalue weighted by Gasteiger charge is -2.04. The molecule has 0 unspecified atom stereocenters. The summed E-state index contributed by atoms with van der Waals surface area (Å²) in [6.07, 6.45) is 2.01. The maximum absolute atomic E-state index is 10.1. The Morgan fingerprint density at radius 3 is 2.86 bits per heavy atom. The first-order chi connectivity index (χ1) is 6.63. The Bertz CT molecular complexity index is 339. The van der Waals surface area contributed by atoms with Crippen molar-refractivity contribution in [1.82, 2.24) is 4.98 Å². The molecule has 0 spiro atoms. The molecule has 0 aromatic carbocycles. The minimum atomic E-state index is -0.334. The second-order valence-corrected chi connectivity index (χ2v) is 2.98. The quantitative estimate of drug-likeness (QED) is 0.536. The normalized spacial score (nSPS) is 9.86. The predicted octanol–water partition coefficient (Wildman–Crippen LogP) is 1.22. The summed E-state index contributed by atoms with van der Waals surface area (Å²) in [6.45, 7) is 1.80. The van der Waals surface area contributed by atoms with E-state index in [1.165, 1.54) is 0 Å². The second-order valence-electron chi connectivity index (χ2n) is 2.98. The molecule has 0 N–H and O–H groups in total. The van der Waals surface area contributed by atoms with Crippen LogP contribution in [0.25, 0.3) is 0 Å². The molecule has 0 atom stereocenters. The van der Waals surface area contributed by atoms with Crippen molar-refractivity contribution in [2.45, 2.75) is 13.3 Å². The van der Waals surface area contributed by atoms with E-state index in [2.05, 4.69) is 4.98 Å². The van der Waals surface area contributed by atoms with Crippen LogP contribution in [0.3, 0.4) is 0 Å². The van der Waals surface area contributed by atoms with Crippen LogP contribution in [-0.2, 0) is 6.42 Å². The van der Waals surface area contributed by atoms with Gasteiger partial charge in [0.05, 0.1) is 7.11 Å². The molecule has 1 aromatic heterocycles. The summed E-state index contributed by atoms with van der Waals surface area (Å²) in [4.78, 5) is 13.8. The molecular formula is C9H12N2O3. The van der Waals surface area contributed by atoms with Gasteiger partial charge >= 0.3 is 0 Å². The maximum atomic E-state index is 10.1. The van der Waals surface area contributed by atoms with E-state index < -0.39 is 0 Å². The van der Waals surface area contributed by atoms with E-state index in [0.29, 0.717) is 12.3 Å². The molecule has 0 radical (unpaired) electrons. The van der Waals surface area contributed by atoms with Crippen LogP contribution in [0.2, 0.25) is 0 Å². The molecule has 0 aliphatic rings. The Balaban J connectivity index is 2.71. The number of nitrogens with zero attached hydrogens (tertiary/aromatic N) is 2. The summed E-state index contributed by atoms with van der Waals surface area (Å²) in [5.41, 5.74) is 1.76. The fraction of sp³-hybridized carbons (Fsp3) is 0.444. The molecule has 0 fully saturated rings. The number of aryl methyl sites for hydroxylation is 1. The highest BCUT2D eigenvalue weighted by Gasteiger charge is 2.04. The molecule has 0 aliphatic carbocycles. The number of hydrogen-bond acceptors (Lipinski definition) is 4.